The lowest BCUT2D eigenvalue weighted by Crippen LogP contribution is -2.39. The average Bonchev–Trinajstić information content (AvgIpc) is 2.89. The van der Waals surface area contributed by atoms with Crippen molar-refractivity contribution in [3.63, 3.8) is 0 Å². The highest BCUT2D eigenvalue weighted by atomic mass is 16.6. The summed E-state index contributed by atoms with van der Waals surface area (Å²) in [6.45, 7) is 5.70. The molecule has 5 heteroatoms. The molecule has 0 radical (unpaired) electrons. The molecule has 1 aromatic carbocycles. The number of nitrogens with zero attached hydrogens (tertiary/aromatic N) is 1. The first-order valence-corrected chi connectivity index (χ1v) is 6.29. The number of anilines is 1. The van der Waals surface area contributed by atoms with Crippen molar-refractivity contribution in [3.8, 4) is 0 Å². The fourth-order valence-electron chi connectivity index (χ4n) is 1.84. The Bertz CT molecular complexity index is 354. The molecule has 2 heterocycles. The minimum Gasteiger partial charge on any atom is -0.447 e. The molecule has 2 saturated heterocycles. The van der Waals surface area contributed by atoms with Crippen molar-refractivity contribution in [3.05, 3.63) is 30.3 Å². The smallest absolute Gasteiger partial charge is 0.414 e. The zero-order valence-corrected chi connectivity index (χ0v) is 10.4. The van der Waals surface area contributed by atoms with E-state index >= 15 is 0 Å². The van der Waals surface area contributed by atoms with Gasteiger partial charge in [0.05, 0.1) is 6.54 Å². The van der Waals surface area contributed by atoms with Crippen LogP contribution in [0.3, 0.4) is 0 Å². The van der Waals surface area contributed by atoms with Crippen LogP contribution < -0.4 is 15.5 Å². The monoisotopic (exact) mass is 249 g/mol. The van der Waals surface area contributed by atoms with Gasteiger partial charge in [0.2, 0.25) is 0 Å². The third-order valence-corrected chi connectivity index (χ3v) is 2.79. The highest BCUT2D eigenvalue weighted by molar-refractivity contribution is 5.89. The van der Waals surface area contributed by atoms with Crippen LogP contribution in [0.4, 0.5) is 10.5 Å². The van der Waals surface area contributed by atoms with Crippen LogP contribution in [-0.4, -0.2) is 45.4 Å². The van der Waals surface area contributed by atoms with Gasteiger partial charge in [-0.2, -0.15) is 0 Å². The second-order valence-corrected chi connectivity index (χ2v) is 4.10. The zero-order valence-electron chi connectivity index (χ0n) is 10.4. The fourth-order valence-corrected chi connectivity index (χ4v) is 1.84. The molecule has 0 atom stereocenters. The molecule has 2 aliphatic heterocycles. The molecule has 0 unspecified atom stereocenters. The Balaban J connectivity index is 0.000000169. The van der Waals surface area contributed by atoms with Gasteiger partial charge < -0.3 is 15.4 Å². The highest BCUT2D eigenvalue weighted by Gasteiger charge is 2.22. The summed E-state index contributed by atoms with van der Waals surface area (Å²) in [5, 5.41) is 6.44. The number of hydrogen-bond acceptors (Lipinski definition) is 4. The number of para-hydroxylation sites is 1. The molecule has 0 aliphatic carbocycles. The number of benzene rings is 1. The molecule has 0 bridgehead atoms. The van der Waals surface area contributed by atoms with E-state index in [-0.39, 0.29) is 6.09 Å². The summed E-state index contributed by atoms with van der Waals surface area (Å²) in [5.41, 5.74) is 0.903. The van der Waals surface area contributed by atoms with Crippen LogP contribution >= 0.6 is 0 Å². The topological polar surface area (TPSA) is 53.6 Å². The maximum atomic E-state index is 11.1. The molecule has 1 aromatic rings. The van der Waals surface area contributed by atoms with Crippen molar-refractivity contribution in [1.82, 2.24) is 10.6 Å². The van der Waals surface area contributed by atoms with Crippen LogP contribution in [0.2, 0.25) is 0 Å². The van der Waals surface area contributed by atoms with Crippen molar-refractivity contribution in [1.29, 1.82) is 0 Å². The van der Waals surface area contributed by atoms with Gasteiger partial charge in [-0.1, -0.05) is 18.2 Å². The molecule has 18 heavy (non-hydrogen) atoms. The third kappa shape index (κ3) is 3.72. The summed E-state index contributed by atoms with van der Waals surface area (Å²) in [4.78, 5) is 12.7. The second kappa shape index (κ2) is 6.98. The van der Waals surface area contributed by atoms with Gasteiger partial charge in [0.1, 0.15) is 6.61 Å². The lowest BCUT2D eigenvalue weighted by Gasteiger charge is -2.11. The van der Waals surface area contributed by atoms with E-state index in [1.54, 1.807) is 4.90 Å². The van der Waals surface area contributed by atoms with E-state index in [2.05, 4.69) is 10.6 Å². The maximum Gasteiger partial charge on any atom is 0.414 e. The number of nitrogens with one attached hydrogen (secondary N) is 2. The number of rotatable bonds is 1. The summed E-state index contributed by atoms with van der Waals surface area (Å²) >= 11 is 0. The first-order chi connectivity index (χ1) is 8.88. The Hall–Kier alpha value is -1.59. The summed E-state index contributed by atoms with van der Waals surface area (Å²) in [5.74, 6) is 0. The van der Waals surface area contributed by atoms with Crippen molar-refractivity contribution in [2.75, 3.05) is 44.2 Å². The van der Waals surface area contributed by atoms with E-state index in [1.807, 2.05) is 30.3 Å². The number of ether oxygens (including phenoxy) is 1. The molecule has 0 saturated carbocycles. The Morgan fingerprint density at radius 1 is 1.00 bits per heavy atom. The van der Waals surface area contributed by atoms with Crippen LogP contribution in [0.25, 0.3) is 0 Å². The summed E-state index contributed by atoms with van der Waals surface area (Å²) in [6, 6.07) is 9.52. The van der Waals surface area contributed by atoms with Gasteiger partial charge >= 0.3 is 6.09 Å². The fraction of sp³-hybridized carbons (Fsp3) is 0.462. The lowest BCUT2D eigenvalue weighted by molar-refractivity contribution is 0.181. The Labute approximate surface area is 107 Å². The molecular weight excluding hydrogens is 230 g/mol. The molecular formula is C13H19N3O2. The Morgan fingerprint density at radius 3 is 2.06 bits per heavy atom. The van der Waals surface area contributed by atoms with E-state index in [1.165, 1.54) is 0 Å². The van der Waals surface area contributed by atoms with Gasteiger partial charge in [0.25, 0.3) is 0 Å². The van der Waals surface area contributed by atoms with Gasteiger partial charge in [0, 0.05) is 31.9 Å². The van der Waals surface area contributed by atoms with Crippen LogP contribution in [0.1, 0.15) is 0 Å². The van der Waals surface area contributed by atoms with E-state index in [9.17, 15) is 4.79 Å². The zero-order chi connectivity index (χ0) is 12.6. The quantitative estimate of drug-likeness (QED) is 0.774. The summed E-state index contributed by atoms with van der Waals surface area (Å²) in [6.07, 6.45) is -0.249. The number of cyclic esters (lactones) is 1. The first kappa shape index (κ1) is 12.9. The molecule has 98 valence electrons. The minimum atomic E-state index is -0.249. The van der Waals surface area contributed by atoms with Crippen LogP contribution in [0.15, 0.2) is 30.3 Å². The molecule has 5 nitrogen and oxygen atoms in total. The van der Waals surface area contributed by atoms with E-state index in [4.69, 9.17) is 4.74 Å². The largest absolute Gasteiger partial charge is 0.447 e. The molecule has 2 fully saturated rings. The van der Waals surface area contributed by atoms with E-state index in [0.717, 1.165) is 31.9 Å². The van der Waals surface area contributed by atoms with Gasteiger partial charge in [-0.25, -0.2) is 4.79 Å². The number of carbonyl (C=O) groups excluding carboxylic acids is 1. The lowest BCUT2D eigenvalue weighted by atomic mass is 10.3. The summed E-state index contributed by atoms with van der Waals surface area (Å²) < 4.78 is 4.81. The Kier molecular flexibility index (Phi) is 4.99. The minimum absolute atomic E-state index is 0.249. The van der Waals surface area contributed by atoms with Crippen LogP contribution in [-0.2, 0) is 4.74 Å². The van der Waals surface area contributed by atoms with Gasteiger partial charge in [0.15, 0.2) is 0 Å². The van der Waals surface area contributed by atoms with E-state index in [0.29, 0.717) is 13.2 Å². The molecule has 1 amide bonds. The van der Waals surface area contributed by atoms with Gasteiger partial charge in [-0.05, 0) is 12.1 Å². The maximum absolute atomic E-state index is 11.1. The van der Waals surface area contributed by atoms with Crippen molar-refractivity contribution >= 4 is 11.8 Å². The summed E-state index contributed by atoms with van der Waals surface area (Å²) in [7, 11) is 0. The number of piperazine rings is 1. The second-order valence-electron chi connectivity index (χ2n) is 4.10. The van der Waals surface area contributed by atoms with Crippen LogP contribution in [0.5, 0.6) is 0 Å². The standard InChI is InChI=1S/C9H9NO2.C4H10N2/c11-9-10(6-7-12-9)8-4-2-1-3-5-8;1-2-6-4-3-5-1/h1-5H,6-7H2;5-6H,1-4H2. The van der Waals surface area contributed by atoms with Crippen molar-refractivity contribution < 1.29 is 9.53 Å². The number of carbonyl (C=O) groups is 1. The molecule has 2 aliphatic rings. The molecule has 3 rings (SSSR count). The van der Waals surface area contributed by atoms with E-state index < -0.39 is 0 Å². The number of hydrogen-bond donors (Lipinski definition) is 2. The first-order valence-electron chi connectivity index (χ1n) is 6.29. The third-order valence-electron chi connectivity index (χ3n) is 2.79. The SMILES string of the molecule is C1CNCCN1.O=C1OCCN1c1ccccc1. The normalized spacial score (nSPS) is 18.9. The van der Waals surface area contributed by atoms with Gasteiger partial charge in [-0.3, -0.25) is 4.90 Å². The van der Waals surface area contributed by atoms with Crippen molar-refractivity contribution in [2.45, 2.75) is 0 Å². The Morgan fingerprint density at radius 2 is 1.61 bits per heavy atom. The molecule has 0 aromatic heterocycles. The number of amides is 1. The predicted octanol–water partition coefficient (Wildman–Crippen LogP) is 0.822. The van der Waals surface area contributed by atoms with Crippen molar-refractivity contribution in [2.24, 2.45) is 0 Å². The average molecular weight is 249 g/mol. The van der Waals surface area contributed by atoms with Gasteiger partial charge in [-0.15, -0.1) is 0 Å². The predicted molar refractivity (Wildman–Crippen MR) is 70.9 cm³/mol. The molecule has 2 N–H and O–H groups in total. The van der Waals surface area contributed by atoms with Crippen LogP contribution in [0, 0.1) is 0 Å². The highest BCUT2D eigenvalue weighted by Crippen LogP contribution is 2.16. The molecule has 0 spiro atoms.